The summed E-state index contributed by atoms with van der Waals surface area (Å²) in [5, 5.41) is 5.48. The lowest BCUT2D eigenvalue weighted by Crippen LogP contribution is -2.46. The van der Waals surface area contributed by atoms with E-state index >= 15 is 0 Å². The Bertz CT molecular complexity index is 639. The summed E-state index contributed by atoms with van der Waals surface area (Å²) >= 11 is 0. The highest BCUT2D eigenvalue weighted by Gasteiger charge is 2.33. The monoisotopic (exact) mass is 282 g/mol. The van der Waals surface area contributed by atoms with Crippen molar-refractivity contribution in [1.82, 2.24) is 10.3 Å². The van der Waals surface area contributed by atoms with Crippen LogP contribution in [0.15, 0.2) is 36.7 Å². The van der Waals surface area contributed by atoms with Crippen molar-refractivity contribution in [2.45, 2.75) is 44.1 Å². The third-order valence-electron chi connectivity index (χ3n) is 4.82. The number of nitrogens with one attached hydrogen (secondary N) is 1. The zero-order valence-corrected chi connectivity index (χ0v) is 12.6. The molecule has 1 N–H and O–H groups in total. The number of benzene rings is 1. The lowest BCUT2D eigenvalue weighted by Gasteiger charge is -2.36. The lowest BCUT2D eigenvalue weighted by atomic mass is 9.77. The number of carbonyl (C=O) groups is 1. The van der Waals surface area contributed by atoms with Crippen molar-refractivity contribution in [2.24, 2.45) is 0 Å². The summed E-state index contributed by atoms with van der Waals surface area (Å²) in [5.41, 5.74) is 0.819. The third kappa shape index (κ3) is 2.84. The van der Waals surface area contributed by atoms with E-state index in [-0.39, 0.29) is 11.3 Å². The second-order valence-corrected chi connectivity index (χ2v) is 6.09. The molecule has 2 aromatic rings. The molecule has 1 saturated carbocycles. The predicted octanol–water partition coefficient (Wildman–Crippen LogP) is 3.73. The minimum Gasteiger partial charge on any atom is -0.314 e. The molecular formula is C18H22N2O. The van der Waals surface area contributed by atoms with Gasteiger partial charge in [0.05, 0.1) is 0 Å². The van der Waals surface area contributed by atoms with Crippen LogP contribution in [0, 0.1) is 0 Å². The Hall–Kier alpha value is -1.74. The summed E-state index contributed by atoms with van der Waals surface area (Å²) in [7, 11) is 1.99. The Balaban J connectivity index is 1.90. The fraction of sp³-hybridized carbons (Fsp3) is 0.444. The van der Waals surface area contributed by atoms with Gasteiger partial charge in [0.25, 0.3) is 0 Å². The van der Waals surface area contributed by atoms with Crippen LogP contribution in [0.25, 0.3) is 10.8 Å². The first kappa shape index (κ1) is 14.2. The second-order valence-electron chi connectivity index (χ2n) is 6.09. The van der Waals surface area contributed by atoms with Crippen LogP contribution in [0.1, 0.15) is 48.9 Å². The third-order valence-corrected chi connectivity index (χ3v) is 4.82. The van der Waals surface area contributed by atoms with E-state index < -0.39 is 0 Å². The fourth-order valence-electron chi connectivity index (χ4n) is 3.51. The Morgan fingerprint density at radius 3 is 2.81 bits per heavy atom. The van der Waals surface area contributed by atoms with Gasteiger partial charge in [-0.25, -0.2) is 0 Å². The van der Waals surface area contributed by atoms with Crippen molar-refractivity contribution in [1.29, 1.82) is 0 Å². The summed E-state index contributed by atoms with van der Waals surface area (Å²) in [4.78, 5) is 17.0. The number of hydrogen-bond acceptors (Lipinski definition) is 3. The summed E-state index contributed by atoms with van der Waals surface area (Å²) < 4.78 is 0. The predicted molar refractivity (Wildman–Crippen MR) is 85.6 cm³/mol. The van der Waals surface area contributed by atoms with Crippen LogP contribution < -0.4 is 5.32 Å². The molecule has 1 aliphatic rings. The van der Waals surface area contributed by atoms with E-state index in [9.17, 15) is 4.79 Å². The zero-order chi connectivity index (χ0) is 14.7. The van der Waals surface area contributed by atoms with Crippen molar-refractivity contribution in [3.63, 3.8) is 0 Å². The van der Waals surface area contributed by atoms with Gasteiger partial charge >= 0.3 is 0 Å². The minimum atomic E-state index is -0.00940. The van der Waals surface area contributed by atoms with Crippen molar-refractivity contribution < 1.29 is 4.79 Å². The maximum Gasteiger partial charge on any atom is 0.165 e. The van der Waals surface area contributed by atoms with Crippen LogP contribution in [0.3, 0.4) is 0 Å². The first-order chi connectivity index (χ1) is 10.2. The van der Waals surface area contributed by atoms with E-state index in [0.29, 0.717) is 6.42 Å². The topological polar surface area (TPSA) is 42.0 Å². The highest BCUT2D eigenvalue weighted by Crippen LogP contribution is 2.32. The van der Waals surface area contributed by atoms with Gasteiger partial charge in [0.15, 0.2) is 5.78 Å². The first-order valence-electron chi connectivity index (χ1n) is 7.79. The van der Waals surface area contributed by atoms with Crippen molar-refractivity contribution >= 4 is 16.6 Å². The molecule has 0 spiro atoms. The molecule has 1 fully saturated rings. The molecule has 110 valence electrons. The van der Waals surface area contributed by atoms with Crippen LogP contribution in [-0.4, -0.2) is 23.4 Å². The van der Waals surface area contributed by atoms with Gasteiger partial charge in [-0.05, 0) is 31.3 Å². The largest absolute Gasteiger partial charge is 0.314 e. The number of carbonyl (C=O) groups excluding carboxylic acids is 1. The number of pyridine rings is 1. The van der Waals surface area contributed by atoms with Crippen LogP contribution >= 0.6 is 0 Å². The number of rotatable bonds is 4. The van der Waals surface area contributed by atoms with Crippen molar-refractivity contribution in [3.8, 4) is 0 Å². The molecule has 1 aliphatic carbocycles. The molecule has 1 heterocycles. The molecule has 1 aromatic heterocycles. The summed E-state index contributed by atoms with van der Waals surface area (Å²) in [6.07, 6.45) is 10.1. The van der Waals surface area contributed by atoms with Gasteiger partial charge < -0.3 is 5.32 Å². The smallest absolute Gasteiger partial charge is 0.165 e. The summed E-state index contributed by atoms with van der Waals surface area (Å²) in [5.74, 6) is 0.239. The molecule has 0 amide bonds. The van der Waals surface area contributed by atoms with Gasteiger partial charge in [-0.15, -0.1) is 0 Å². The van der Waals surface area contributed by atoms with Crippen molar-refractivity contribution in [3.05, 3.63) is 42.2 Å². The Morgan fingerprint density at radius 1 is 1.24 bits per heavy atom. The zero-order valence-electron chi connectivity index (χ0n) is 12.6. The molecule has 0 saturated heterocycles. The van der Waals surface area contributed by atoms with Crippen molar-refractivity contribution in [2.75, 3.05) is 7.05 Å². The van der Waals surface area contributed by atoms with Crippen LogP contribution in [0.2, 0.25) is 0 Å². The summed E-state index contributed by atoms with van der Waals surface area (Å²) in [6.45, 7) is 0. The average Bonchev–Trinajstić information content (AvgIpc) is 2.55. The highest BCUT2D eigenvalue weighted by atomic mass is 16.1. The number of ketones is 1. The van der Waals surface area contributed by atoms with E-state index in [2.05, 4.69) is 10.3 Å². The fourth-order valence-corrected chi connectivity index (χ4v) is 3.51. The quantitative estimate of drug-likeness (QED) is 0.869. The lowest BCUT2D eigenvalue weighted by molar-refractivity contribution is 0.0916. The maximum absolute atomic E-state index is 12.8. The molecule has 3 rings (SSSR count). The molecule has 3 heteroatoms. The number of Topliss-reactive ketones (excluding diaryl/α,β-unsaturated/α-hetero) is 1. The second kappa shape index (κ2) is 5.94. The number of nitrogens with zero attached hydrogens (tertiary/aromatic N) is 1. The molecule has 0 unspecified atom stereocenters. The van der Waals surface area contributed by atoms with E-state index in [1.807, 2.05) is 37.5 Å². The highest BCUT2D eigenvalue weighted by molar-refractivity contribution is 6.08. The van der Waals surface area contributed by atoms with E-state index in [1.54, 1.807) is 6.20 Å². The average molecular weight is 282 g/mol. The van der Waals surface area contributed by atoms with Crippen LogP contribution in [-0.2, 0) is 0 Å². The van der Waals surface area contributed by atoms with Gasteiger partial charge in [-0.2, -0.15) is 0 Å². The molecular weight excluding hydrogens is 260 g/mol. The molecule has 21 heavy (non-hydrogen) atoms. The normalized spacial score (nSPS) is 17.8. The molecule has 3 nitrogen and oxygen atoms in total. The summed E-state index contributed by atoms with van der Waals surface area (Å²) in [6, 6.07) is 7.84. The number of hydrogen-bond donors (Lipinski definition) is 1. The van der Waals surface area contributed by atoms with E-state index in [0.717, 1.165) is 29.2 Å². The molecule has 0 bridgehead atoms. The maximum atomic E-state index is 12.8. The minimum absolute atomic E-state index is 0.00940. The SMILES string of the molecule is CNC1(CC(=O)c2cccc3cnccc23)CCCCC1. The Morgan fingerprint density at radius 2 is 2.05 bits per heavy atom. The van der Waals surface area contributed by atoms with E-state index in [4.69, 9.17) is 0 Å². The standard InChI is InChI=1S/C18H22N2O/c1-19-18(9-3-2-4-10-18)12-17(21)16-7-5-6-14-13-20-11-8-15(14)16/h5-8,11,13,19H,2-4,9-10,12H2,1H3. The van der Waals surface area contributed by atoms with E-state index in [1.165, 1.54) is 19.3 Å². The van der Waals surface area contributed by atoms with Crippen LogP contribution in [0.4, 0.5) is 0 Å². The number of fused-ring (bicyclic) bond motifs is 1. The molecule has 0 radical (unpaired) electrons. The molecule has 1 aromatic carbocycles. The van der Waals surface area contributed by atoms with Gasteiger partial charge in [0.1, 0.15) is 0 Å². The Labute approximate surface area is 125 Å². The first-order valence-corrected chi connectivity index (χ1v) is 7.79. The number of aromatic nitrogens is 1. The van der Waals surface area contributed by atoms with Crippen LogP contribution in [0.5, 0.6) is 0 Å². The van der Waals surface area contributed by atoms with Gasteiger partial charge in [0.2, 0.25) is 0 Å². The van der Waals surface area contributed by atoms with Gasteiger partial charge in [-0.3, -0.25) is 9.78 Å². The molecule has 0 aliphatic heterocycles. The molecule has 0 atom stereocenters. The van der Waals surface area contributed by atoms with Gasteiger partial charge in [-0.1, -0.05) is 37.5 Å². The Kier molecular flexibility index (Phi) is 4.02. The van der Waals surface area contributed by atoms with Gasteiger partial charge in [0, 0.05) is 35.3 Å².